The zero-order valence-corrected chi connectivity index (χ0v) is 5.64. The Kier molecular flexibility index (Phi) is 0.988. The van der Waals surface area contributed by atoms with Gasteiger partial charge >= 0.3 is 0 Å². The average Bonchev–Trinajstić information content (AvgIpc) is 2.62. The van der Waals surface area contributed by atoms with E-state index in [1.165, 1.54) is 0 Å². The summed E-state index contributed by atoms with van der Waals surface area (Å²) in [5.74, 6) is 0.568. The van der Waals surface area contributed by atoms with Gasteiger partial charge < -0.3 is 4.74 Å². The highest BCUT2D eigenvalue weighted by Crippen LogP contribution is 2.41. The van der Waals surface area contributed by atoms with E-state index in [1.54, 1.807) is 0 Å². The summed E-state index contributed by atoms with van der Waals surface area (Å²) in [6.45, 7) is 0. The van der Waals surface area contributed by atoms with E-state index in [0.717, 1.165) is 0 Å². The van der Waals surface area contributed by atoms with Crippen molar-refractivity contribution in [3.63, 3.8) is 0 Å². The van der Waals surface area contributed by atoms with Gasteiger partial charge in [0.2, 0.25) is 0 Å². The molecule has 1 saturated heterocycles. The third-order valence-corrected chi connectivity index (χ3v) is 2.17. The summed E-state index contributed by atoms with van der Waals surface area (Å²) < 4.78 is 5.31. The molecule has 2 aliphatic rings. The van der Waals surface area contributed by atoms with Gasteiger partial charge in [-0.25, -0.2) is 0 Å². The third-order valence-electron chi connectivity index (χ3n) is 1.75. The summed E-state index contributed by atoms with van der Waals surface area (Å²) in [6.07, 6.45) is 8.28. The number of rotatable bonds is 1. The van der Waals surface area contributed by atoms with Crippen molar-refractivity contribution in [2.45, 2.75) is 11.7 Å². The van der Waals surface area contributed by atoms with Crippen molar-refractivity contribution in [2.75, 3.05) is 5.88 Å². The van der Waals surface area contributed by atoms with Gasteiger partial charge in [0.05, 0.1) is 5.88 Å². The van der Waals surface area contributed by atoms with Gasteiger partial charge in [-0.1, -0.05) is 18.2 Å². The van der Waals surface area contributed by atoms with Crippen molar-refractivity contribution in [2.24, 2.45) is 0 Å². The Bertz CT molecular complexity index is 185. The van der Waals surface area contributed by atoms with Crippen LogP contribution in [-0.4, -0.2) is 17.6 Å². The summed E-state index contributed by atoms with van der Waals surface area (Å²) in [5.41, 5.74) is -0.115. The highest BCUT2D eigenvalue weighted by molar-refractivity contribution is 6.19. The van der Waals surface area contributed by atoms with E-state index in [0.29, 0.717) is 5.88 Å². The molecule has 2 heteroatoms. The summed E-state index contributed by atoms with van der Waals surface area (Å²) in [6, 6.07) is 0. The number of ether oxygens (including phenoxy) is 1. The Labute approximate surface area is 59.0 Å². The van der Waals surface area contributed by atoms with Crippen LogP contribution in [-0.2, 0) is 4.74 Å². The minimum absolute atomic E-state index is 0.115. The molecule has 0 aromatic heterocycles. The first-order valence-corrected chi connectivity index (χ1v) is 3.51. The van der Waals surface area contributed by atoms with Crippen LogP contribution in [0.2, 0.25) is 0 Å². The summed E-state index contributed by atoms with van der Waals surface area (Å²) >= 11 is 5.65. The molecule has 2 atom stereocenters. The fourth-order valence-corrected chi connectivity index (χ4v) is 1.38. The maximum atomic E-state index is 5.65. The van der Waals surface area contributed by atoms with E-state index < -0.39 is 0 Å². The fraction of sp³-hybridized carbons (Fsp3) is 0.429. The molecule has 9 heavy (non-hydrogen) atoms. The fourth-order valence-electron chi connectivity index (χ4n) is 1.07. The van der Waals surface area contributed by atoms with Crippen molar-refractivity contribution < 1.29 is 4.74 Å². The predicted molar refractivity (Wildman–Crippen MR) is 36.6 cm³/mol. The maximum absolute atomic E-state index is 5.65. The largest absolute Gasteiger partial charge is 0.356 e. The van der Waals surface area contributed by atoms with Gasteiger partial charge in [0.1, 0.15) is 11.7 Å². The van der Waals surface area contributed by atoms with Gasteiger partial charge in [0.15, 0.2) is 0 Å². The molecule has 1 nitrogen and oxygen atoms in total. The van der Waals surface area contributed by atoms with Crippen molar-refractivity contribution in [3.8, 4) is 0 Å². The highest BCUT2D eigenvalue weighted by Gasteiger charge is 2.52. The molecule has 0 radical (unpaired) electrons. The molecule has 1 heterocycles. The Hall–Kier alpha value is -0.270. The van der Waals surface area contributed by atoms with Crippen LogP contribution in [0.25, 0.3) is 0 Å². The lowest BCUT2D eigenvalue weighted by molar-refractivity contribution is 0.359. The van der Waals surface area contributed by atoms with Gasteiger partial charge in [0.25, 0.3) is 0 Å². The van der Waals surface area contributed by atoms with Crippen molar-refractivity contribution in [1.82, 2.24) is 0 Å². The molecule has 0 aromatic rings. The SMILES string of the molecule is ClCC12C=CC=CC1O2. The second kappa shape index (κ2) is 1.61. The molecule has 0 amide bonds. The van der Waals surface area contributed by atoms with E-state index in [9.17, 15) is 0 Å². The number of halogens is 1. The number of epoxide rings is 1. The van der Waals surface area contributed by atoms with Crippen molar-refractivity contribution >= 4 is 11.6 Å². The van der Waals surface area contributed by atoms with Crippen LogP contribution in [0, 0.1) is 0 Å². The smallest absolute Gasteiger partial charge is 0.131 e. The van der Waals surface area contributed by atoms with Gasteiger partial charge in [-0.05, 0) is 6.08 Å². The number of hydrogen-bond donors (Lipinski definition) is 0. The molecular weight excluding hydrogens is 136 g/mol. The van der Waals surface area contributed by atoms with E-state index in [1.807, 2.05) is 24.3 Å². The molecule has 1 fully saturated rings. The minimum Gasteiger partial charge on any atom is -0.356 e. The van der Waals surface area contributed by atoms with Crippen molar-refractivity contribution in [1.29, 1.82) is 0 Å². The monoisotopic (exact) mass is 142 g/mol. The molecule has 1 aliphatic carbocycles. The predicted octanol–water partition coefficient (Wildman–Crippen LogP) is 1.49. The molecule has 0 N–H and O–H groups in total. The molecule has 1 aliphatic heterocycles. The molecule has 2 unspecified atom stereocenters. The van der Waals surface area contributed by atoms with Crippen LogP contribution in [0.3, 0.4) is 0 Å². The van der Waals surface area contributed by atoms with Crippen LogP contribution >= 0.6 is 11.6 Å². The average molecular weight is 143 g/mol. The van der Waals surface area contributed by atoms with E-state index in [-0.39, 0.29) is 11.7 Å². The second-order valence-corrected chi connectivity index (χ2v) is 2.64. The Morgan fingerprint density at radius 3 is 3.00 bits per heavy atom. The van der Waals surface area contributed by atoms with Gasteiger partial charge in [-0.2, -0.15) is 0 Å². The summed E-state index contributed by atoms with van der Waals surface area (Å²) in [5, 5.41) is 0. The molecule has 48 valence electrons. The molecule has 0 spiro atoms. The summed E-state index contributed by atoms with van der Waals surface area (Å²) in [4.78, 5) is 0. The lowest BCUT2D eigenvalue weighted by Gasteiger charge is -2.00. The molecule has 0 bridgehead atoms. The Balaban J connectivity index is 2.23. The van der Waals surface area contributed by atoms with Gasteiger partial charge in [-0.15, -0.1) is 11.6 Å². The van der Waals surface area contributed by atoms with Crippen LogP contribution in [0.1, 0.15) is 0 Å². The standard InChI is InChI=1S/C7H7ClO/c8-5-7-4-2-1-3-6(7)9-7/h1-4,6H,5H2. The molecular formula is C7H7ClO. The number of hydrogen-bond acceptors (Lipinski definition) is 1. The quantitative estimate of drug-likeness (QED) is 0.399. The van der Waals surface area contributed by atoms with Crippen LogP contribution in [0.5, 0.6) is 0 Å². The topological polar surface area (TPSA) is 12.5 Å². The van der Waals surface area contributed by atoms with Crippen LogP contribution in [0.15, 0.2) is 24.3 Å². The summed E-state index contributed by atoms with van der Waals surface area (Å²) in [7, 11) is 0. The minimum atomic E-state index is -0.115. The maximum Gasteiger partial charge on any atom is 0.131 e. The second-order valence-electron chi connectivity index (χ2n) is 2.37. The molecule has 2 rings (SSSR count). The van der Waals surface area contributed by atoms with Gasteiger partial charge in [0, 0.05) is 0 Å². The van der Waals surface area contributed by atoms with Crippen molar-refractivity contribution in [3.05, 3.63) is 24.3 Å². The van der Waals surface area contributed by atoms with E-state index in [4.69, 9.17) is 16.3 Å². The van der Waals surface area contributed by atoms with E-state index >= 15 is 0 Å². The molecule has 0 aromatic carbocycles. The first-order chi connectivity index (χ1) is 4.37. The number of alkyl halides is 1. The number of allylic oxidation sites excluding steroid dienone is 2. The van der Waals surface area contributed by atoms with E-state index in [2.05, 4.69) is 0 Å². The zero-order valence-electron chi connectivity index (χ0n) is 4.88. The van der Waals surface area contributed by atoms with Gasteiger partial charge in [-0.3, -0.25) is 0 Å². The van der Waals surface area contributed by atoms with Crippen LogP contribution in [0.4, 0.5) is 0 Å². The normalized spacial score (nSPS) is 44.8. The molecule has 0 saturated carbocycles. The first kappa shape index (κ1) is 5.51. The number of fused-ring (bicyclic) bond motifs is 1. The van der Waals surface area contributed by atoms with Crippen LogP contribution < -0.4 is 0 Å². The Morgan fingerprint density at radius 2 is 2.44 bits per heavy atom. The Morgan fingerprint density at radius 1 is 1.56 bits per heavy atom. The first-order valence-electron chi connectivity index (χ1n) is 2.97. The highest BCUT2D eigenvalue weighted by atomic mass is 35.5. The third kappa shape index (κ3) is 0.652. The lowest BCUT2D eigenvalue weighted by atomic mass is 10.0. The lowest BCUT2D eigenvalue weighted by Crippen LogP contribution is -2.13. The zero-order chi connectivity index (χ0) is 6.32.